The molecule has 0 fully saturated rings. The van der Waals surface area contributed by atoms with E-state index in [0.717, 1.165) is 27.1 Å². The highest BCUT2D eigenvalue weighted by Gasteiger charge is 2.16. The van der Waals surface area contributed by atoms with E-state index in [4.69, 9.17) is 0 Å². The molecule has 0 spiro atoms. The summed E-state index contributed by atoms with van der Waals surface area (Å²) in [4.78, 5) is 24.2. The minimum atomic E-state index is -1.16. The number of fused-ring (bicyclic) bond motifs is 2. The van der Waals surface area contributed by atoms with Crippen LogP contribution in [0.15, 0.2) is 84.4 Å². The predicted octanol–water partition coefficient (Wildman–Crippen LogP) is 5.24. The predicted molar refractivity (Wildman–Crippen MR) is 117 cm³/mol. The molecule has 0 aliphatic heterocycles. The van der Waals surface area contributed by atoms with Crippen LogP contribution in [0.3, 0.4) is 0 Å². The van der Waals surface area contributed by atoms with Gasteiger partial charge >= 0.3 is 5.97 Å². The molecule has 0 aliphatic rings. The Hall–Kier alpha value is -4.43. The van der Waals surface area contributed by atoms with E-state index in [1.807, 2.05) is 54.6 Å². The second-order valence-corrected chi connectivity index (χ2v) is 6.71. The molecule has 1 amide bonds. The Labute approximate surface area is 172 Å². The molecule has 0 heterocycles. The van der Waals surface area contributed by atoms with Crippen molar-refractivity contribution in [1.82, 2.24) is 0 Å². The molecule has 4 aromatic carbocycles. The molecule has 0 atom stereocenters. The van der Waals surface area contributed by atoms with Crippen molar-refractivity contribution in [3.05, 3.63) is 95.6 Å². The molecule has 0 aromatic heterocycles. The van der Waals surface area contributed by atoms with Gasteiger partial charge in [-0.1, -0.05) is 60.7 Å². The molecule has 144 valence electrons. The number of nitrogens with zero attached hydrogens (tertiary/aromatic N) is 1. The second-order valence-electron chi connectivity index (χ2n) is 6.71. The highest BCUT2D eigenvalue weighted by Crippen LogP contribution is 2.30. The summed E-state index contributed by atoms with van der Waals surface area (Å²) in [5.41, 5.74) is 0.747. The number of nitrogens with one attached hydrogen (secondary N) is 1. The zero-order valence-corrected chi connectivity index (χ0v) is 15.8. The molecule has 5 heteroatoms. The fourth-order valence-corrected chi connectivity index (χ4v) is 3.47. The number of hydrogen-bond acceptors (Lipinski definition) is 3. The number of amides is 1. The molecular formula is C25H16N2O3. The Balaban J connectivity index is 1.83. The minimum absolute atomic E-state index is 0.0428. The zero-order valence-electron chi connectivity index (χ0n) is 15.8. The summed E-state index contributed by atoms with van der Waals surface area (Å²) >= 11 is 0. The largest absolute Gasteiger partial charge is 0.478 e. The number of nitriles is 1. The number of carbonyl (C=O) groups is 2. The van der Waals surface area contributed by atoms with Gasteiger partial charge in [0.2, 0.25) is 0 Å². The average Bonchev–Trinajstić information content (AvgIpc) is 2.76. The zero-order chi connectivity index (χ0) is 21.1. The Kier molecular flexibility index (Phi) is 4.98. The molecule has 4 rings (SSSR count). The fourth-order valence-electron chi connectivity index (χ4n) is 3.47. The Morgan fingerprint density at radius 3 is 2.03 bits per heavy atom. The number of para-hydroxylation sites is 1. The van der Waals surface area contributed by atoms with Gasteiger partial charge in [-0.2, -0.15) is 5.26 Å². The molecule has 4 aromatic rings. The molecule has 0 radical (unpaired) electrons. The van der Waals surface area contributed by atoms with Crippen molar-refractivity contribution in [3.8, 4) is 6.07 Å². The summed E-state index contributed by atoms with van der Waals surface area (Å²) < 4.78 is 0. The number of anilines is 1. The molecule has 0 saturated heterocycles. The lowest BCUT2D eigenvalue weighted by Gasteiger charge is -2.10. The highest BCUT2D eigenvalue weighted by molar-refractivity contribution is 6.15. The van der Waals surface area contributed by atoms with E-state index in [1.165, 1.54) is 12.1 Å². The van der Waals surface area contributed by atoms with Gasteiger partial charge in [0.05, 0.1) is 11.3 Å². The van der Waals surface area contributed by atoms with Gasteiger partial charge in [-0.05, 0) is 51.4 Å². The molecule has 2 N–H and O–H groups in total. The first-order chi connectivity index (χ1) is 14.6. The number of carbonyl (C=O) groups excluding carboxylic acids is 1. The van der Waals surface area contributed by atoms with Crippen LogP contribution in [0.1, 0.15) is 15.9 Å². The average molecular weight is 392 g/mol. The van der Waals surface area contributed by atoms with Crippen LogP contribution in [0, 0.1) is 11.3 Å². The van der Waals surface area contributed by atoms with Crippen molar-refractivity contribution in [2.75, 3.05) is 5.32 Å². The number of carboxylic acids is 1. The van der Waals surface area contributed by atoms with Crippen molar-refractivity contribution in [2.45, 2.75) is 0 Å². The molecule has 0 unspecified atom stereocenters. The van der Waals surface area contributed by atoms with Gasteiger partial charge in [0.15, 0.2) is 0 Å². The lowest BCUT2D eigenvalue weighted by atomic mass is 9.95. The van der Waals surface area contributed by atoms with Crippen molar-refractivity contribution in [1.29, 1.82) is 5.26 Å². The lowest BCUT2D eigenvalue weighted by Crippen LogP contribution is -2.16. The molecule has 5 nitrogen and oxygen atoms in total. The van der Waals surface area contributed by atoms with E-state index in [0.29, 0.717) is 0 Å². The first-order valence-corrected chi connectivity index (χ1v) is 9.24. The van der Waals surface area contributed by atoms with Crippen LogP contribution in [0.5, 0.6) is 0 Å². The third kappa shape index (κ3) is 3.50. The van der Waals surface area contributed by atoms with Crippen LogP contribution in [-0.2, 0) is 4.79 Å². The van der Waals surface area contributed by atoms with Gasteiger partial charge in [-0.15, -0.1) is 0 Å². The monoisotopic (exact) mass is 392 g/mol. The van der Waals surface area contributed by atoms with Gasteiger partial charge in [0, 0.05) is 0 Å². The van der Waals surface area contributed by atoms with Crippen LogP contribution in [0.4, 0.5) is 5.69 Å². The van der Waals surface area contributed by atoms with E-state index in [2.05, 4.69) is 11.4 Å². The van der Waals surface area contributed by atoms with Gasteiger partial charge in [-0.3, -0.25) is 4.79 Å². The van der Waals surface area contributed by atoms with E-state index in [9.17, 15) is 20.0 Å². The number of benzene rings is 4. The van der Waals surface area contributed by atoms with Gasteiger partial charge in [-0.25, -0.2) is 4.79 Å². The van der Waals surface area contributed by atoms with Crippen LogP contribution in [0.25, 0.3) is 27.6 Å². The highest BCUT2D eigenvalue weighted by atomic mass is 16.4. The van der Waals surface area contributed by atoms with Gasteiger partial charge in [0.25, 0.3) is 5.91 Å². The van der Waals surface area contributed by atoms with E-state index in [-0.39, 0.29) is 16.8 Å². The summed E-state index contributed by atoms with van der Waals surface area (Å²) in [6.45, 7) is 0. The quantitative estimate of drug-likeness (QED) is 0.282. The smallest absolute Gasteiger partial charge is 0.337 e. The third-order valence-electron chi connectivity index (χ3n) is 4.87. The molecular weight excluding hydrogens is 376 g/mol. The van der Waals surface area contributed by atoms with Crippen LogP contribution >= 0.6 is 0 Å². The van der Waals surface area contributed by atoms with E-state index in [1.54, 1.807) is 18.2 Å². The minimum Gasteiger partial charge on any atom is -0.478 e. The molecule has 30 heavy (non-hydrogen) atoms. The summed E-state index contributed by atoms with van der Waals surface area (Å²) in [6, 6.07) is 25.6. The Bertz CT molecular complexity index is 1330. The summed E-state index contributed by atoms with van der Waals surface area (Å²) in [7, 11) is 0. The number of aromatic carboxylic acids is 1. The van der Waals surface area contributed by atoms with E-state index < -0.39 is 11.9 Å². The molecule has 0 saturated carbocycles. The van der Waals surface area contributed by atoms with E-state index >= 15 is 0 Å². The number of carboxylic acid groups (broad SMARTS) is 1. The number of rotatable bonds is 4. The lowest BCUT2D eigenvalue weighted by molar-refractivity contribution is -0.112. The van der Waals surface area contributed by atoms with Gasteiger partial charge in [0.1, 0.15) is 11.6 Å². The van der Waals surface area contributed by atoms with Crippen molar-refractivity contribution < 1.29 is 14.7 Å². The summed E-state index contributed by atoms with van der Waals surface area (Å²) in [6.07, 6.45) is 1.56. The summed E-state index contributed by atoms with van der Waals surface area (Å²) in [5.74, 6) is -1.82. The second kappa shape index (κ2) is 7.90. The number of hydrogen-bond donors (Lipinski definition) is 2. The van der Waals surface area contributed by atoms with Crippen LogP contribution in [-0.4, -0.2) is 17.0 Å². The van der Waals surface area contributed by atoms with Gasteiger partial charge < -0.3 is 10.4 Å². The van der Waals surface area contributed by atoms with Crippen LogP contribution in [0.2, 0.25) is 0 Å². The maximum atomic E-state index is 12.8. The summed E-state index contributed by atoms with van der Waals surface area (Å²) in [5, 5.41) is 25.4. The first kappa shape index (κ1) is 18.9. The Morgan fingerprint density at radius 1 is 0.867 bits per heavy atom. The topological polar surface area (TPSA) is 90.2 Å². The van der Waals surface area contributed by atoms with Crippen molar-refractivity contribution in [2.24, 2.45) is 0 Å². The Morgan fingerprint density at radius 2 is 1.43 bits per heavy atom. The SMILES string of the molecule is N#C/C(=C\c1c2ccccc2cc2ccccc12)C(=O)Nc1ccccc1C(=O)O. The maximum absolute atomic E-state index is 12.8. The molecule has 0 aliphatic carbocycles. The van der Waals surface area contributed by atoms with Crippen LogP contribution < -0.4 is 5.32 Å². The third-order valence-corrected chi connectivity index (χ3v) is 4.87. The fraction of sp³-hybridized carbons (Fsp3) is 0. The first-order valence-electron chi connectivity index (χ1n) is 9.24. The maximum Gasteiger partial charge on any atom is 0.337 e. The standard InChI is InChI=1S/C25H16N2O3/c26-15-18(24(28)27-23-12-6-5-11-21(23)25(29)30)14-22-19-9-3-1-7-16(19)13-17-8-2-4-10-20(17)22/h1-14H,(H,27,28)(H,29,30)/b18-14+. The van der Waals surface area contributed by atoms with Crippen molar-refractivity contribution in [3.63, 3.8) is 0 Å². The normalized spacial score (nSPS) is 11.2. The molecule has 0 bridgehead atoms. The van der Waals surface area contributed by atoms with Crippen molar-refractivity contribution >= 4 is 45.2 Å².